The van der Waals surface area contributed by atoms with Gasteiger partial charge in [0, 0.05) is 43.9 Å². The molecular weight excluding hydrogens is 598 g/mol. The van der Waals surface area contributed by atoms with Gasteiger partial charge in [0.05, 0.1) is 45.3 Å². The number of likely N-dealkylation sites (tertiary alicyclic amines) is 1. The molecule has 5 heterocycles. The summed E-state index contributed by atoms with van der Waals surface area (Å²) in [6.45, 7) is 2.35. The number of imidazole rings is 1. The normalized spacial score (nSPS) is 17.3. The molecular formula is C35H39N7O3S. The Labute approximate surface area is 267 Å². The SMILES string of the molecule is Cn1ncc2cc(-c3c(-c4ccc(CN5CCC(S(C)(=O)=O)CC5)cc4)[nH]c4ncc5c(c34)n(C3CCCC3)c(=O)n5C)ccc21. The highest BCUT2D eigenvalue weighted by molar-refractivity contribution is 7.91. The van der Waals surface area contributed by atoms with E-state index in [0.717, 1.165) is 101 Å². The Hall–Kier alpha value is -4.22. The van der Waals surface area contributed by atoms with Crippen LogP contribution >= 0.6 is 0 Å². The monoisotopic (exact) mass is 637 g/mol. The van der Waals surface area contributed by atoms with Gasteiger partial charge in [-0.2, -0.15) is 5.10 Å². The molecule has 2 aliphatic rings. The Bertz CT molecular complexity index is 2280. The van der Waals surface area contributed by atoms with Crippen molar-refractivity contribution in [1.29, 1.82) is 0 Å². The van der Waals surface area contributed by atoms with Crippen molar-refractivity contribution in [1.82, 2.24) is 33.8 Å². The second kappa shape index (κ2) is 10.9. The zero-order valence-corrected chi connectivity index (χ0v) is 27.3. The van der Waals surface area contributed by atoms with Gasteiger partial charge in [-0.1, -0.05) is 43.2 Å². The Morgan fingerprint density at radius 2 is 1.63 bits per heavy atom. The van der Waals surface area contributed by atoms with E-state index in [-0.39, 0.29) is 17.0 Å². The molecule has 4 aromatic heterocycles. The fraction of sp³-hybridized carbons (Fsp3) is 0.400. The molecule has 2 fully saturated rings. The average molecular weight is 638 g/mol. The van der Waals surface area contributed by atoms with Crippen LogP contribution in [-0.4, -0.2) is 66.8 Å². The van der Waals surface area contributed by atoms with Crippen molar-refractivity contribution in [3.63, 3.8) is 0 Å². The summed E-state index contributed by atoms with van der Waals surface area (Å²) >= 11 is 0. The van der Waals surface area contributed by atoms with E-state index in [1.165, 1.54) is 11.8 Å². The number of H-pyrrole nitrogens is 1. The highest BCUT2D eigenvalue weighted by Gasteiger charge is 2.29. The van der Waals surface area contributed by atoms with Crippen molar-refractivity contribution in [3.8, 4) is 22.4 Å². The lowest BCUT2D eigenvalue weighted by Crippen LogP contribution is -2.38. The Morgan fingerprint density at radius 3 is 2.35 bits per heavy atom. The zero-order valence-electron chi connectivity index (χ0n) is 26.5. The number of nitrogens with zero attached hydrogens (tertiary/aromatic N) is 6. The maximum atomic E-state index is 13.7. The molecule has 0 unspecified atom stereocenters. The van der Waals surface area contributed by atoms with E-state index >= 15 is 0 Å². The molecule has 1 aliphatic heterocycles. The van der Waals surface area contributed by atoms with E-state index in [9.17, 15) is 13.2 Å². The highest BCUT2D eigenvalue weighted by Crippen LogP contribution is 2.43. The van der Waals surface area contributed by atoms with E-state index in [4.69, 9.17) is 4.98 Å². The smallest absolute Gasteiger partial charge is 0.329 e. The van der Waals surface area contributed by atoms with Crippen LogP contribution in [0.3, 0.4) is 0 Å². The van der Waals surface area contributed by atoms with Gasteiger partial charge in [0.1, 0.15) is 15.5 Å². The molecule has 2 aromatic carbocycles. The van der Waals surface area contributed by atoms with Crippen molar-refractivity contribution < 1.29 is 8.42 Å². The second-order valence-corrected chi connectivity index (χ2v) is 15.6. The largest absolute Gasteiger partial charge is 0.339 e. The molecule has 238 valence electrons. The third-order valence-corrected chi connectivity index (χ3v) is 12.1. The average Bonchev–Trinajstić information content (AvgIpc) is 3.83. The summed E-state index contributed by atoms with van der Waals surface area (Å²) in [7, 11) is 0.808. The van der Waals surface area contributed by atoms with E-state index in [0.29, 0.717) is 12.8 Å². The van der Waals surface area contributed by atoms with Crippen LogP contribution in [0.15, 0.2) is 59.7 Å². The van der Waals surface area contributed by atoms with E-state index in [1.807, 2.05) is 35.7 Å². The van der Waals surface area contributed by atoms with Crippen LogP contribution in [-0.2, 0) is 30.5 Å². The number of aromatic amines is 1. The van der Waals surface area contributed by atoms with Crippen LogP contribution in [0.4, 0.5) is 0 Å². The first kappa shape index (κ1) is 29.2. The molecule has 0 amide bonds. The number of aryl methyl sites for hydroxylation is 2. The molecule has 1 saturated carbocycles. The minimum atomic E-state index is -2.99. The highest BCUT2D eigenvalue weighted by atomic mass is 32.2. The Balaban J connectivity index is 1.26. The third-order valence-electron chi connectivity index (χ3n) is 10.4. The standard InChI is InChI=1S/C35H39N7O3S/c1-39-29-20-36-34-31(33(29)42(35(39)43)26-6-4-5-7-26)30(24-12-13-28-25(18-24)19-37-40(28)2)32(38-34)23-10-8-22(9-11-23)21-41-16-14-27(15-17-41)46(3,44)45/h8-13,18-20,26-27H,4-7,14-17,21H2,1-3H3,(H,36,38). The van der Waals surface area contributed by atoms with Gasteiger partial charge in [-0.25, -0.2) is 18.2 Å². The van der Waals surface area contributed by atoms with Crippen molar-refractivity contribution >= 4 is 42.8 Å². The number of fused-ring (bicyclic) bond motifs is 4. The van der Waals surface area contributed by atoms with Gasteiger partial charge in [-0.15, -0.1) is 0 Å². The van der Waals surface area contributed by atoms with Crippen LogP contribution in [0.25, 0.3) is 55.4 Å². The fourth-order valence-electron chi connectivity index (χ4n) is 7.83. The molecule has 10 nitrogen and oxygen atoms in total. The van der Waals surface area contributed by atoms with Gasteiger partial charge in [-0.05, 0) is 67.6 Å². The minimum Gasteiger partial charge on any atom is -0.339 e. The number of sulfone groups is 1. The van der Waals surface area contributed by atoms with Crippen molar-refractivity contribution in [2.75, 3.05) is 19.3 Å². The molecule has 46 heavy (non-hydrogen) atoms. The molecule has 1 N–H and O–H groups in total. The Kier molecular flexibility index (Phi) is 6.95. The molecule has 0 spiro atoms. The summed E-state index contributed by atoms with van der Waals surface area (Å²) in [6, 6.07) is 15.3. The number of piperidine rings is 1. The minimum absolute atomic E-state index is 0.0116. The van der Waals surface area contributed by atoms with Crippen molar-refractivity contribution in [3.05, 3.63) is 70.9 Å². The summed E-state index contributed by atoms with van der Waals surface area (Å²) < 4.78 is 29.7. The summed E-state index contributed by atoms with van der Waals surface area (Å²) in [5.74, 6) is 0. The number of benzene rings is 2. The maximum absolute atomic E-state index is 13.7. The van der Waals surface area contributed by atoms with Gasteiger partial charge in [0.2, 0.25) is 0 Å². The molecule has 0 atom stereocenters. The van der Waals surface area contributed by atoms with E-state index in [1.54, 1.807) is 4.57 Å². The number of aromatic nitrogens is 6. The number of nitrogens with one attached hydrogen (secondary N) is 1. The quantitative estimate of drug-likeness (QED) is 0.256. The van der Waals surface area contributed by atoms with Crippen molar-refractivity contribution in [2.45, 2.75) is 56.4 Å². The van der Waals surface area contributed by atoms with Gasteiger partial charge in [0.25, 0.3) is 0 Å². The molecule has 0 bridgehead atoms. The number of pyridine rings is 1. The summed E-state index contributed by atoms with van der Waals surface area (Å²) in [5, 5.41) is 6.27. The summed E-state index contributed by atoms with van der Waals surface area (Å²) in [6.07, 6.45) is 10.7. The molecule has 6 aromatic rings. The summed E-state index contributed by atoms with van der Waals surface area (Å²) in [4.78, 5) is 24.6. The van der Waals surface area contributed by atoms with Crippen LogP contribution in [0.2, 0.25) is 0 Å². The lowest BCUT2D eigenvalue weighted by Gasteiger charge is -2.31. The van der Waals surface area contributed by atoms with Crippen LogP contribution in [0.5, 0.6) is 0 Å². The predicted octanol–water partition coefficient (Wildman–Crippen LogP) is 5.56. The molecule has 1 aliphatic carbocycles. The first-order valence-electron chi connectivity index (χ1n) is 16.2. The van der Waals surface area contributed by atoms with Gasteiger partial charge >= 0.3 is 5.69 Å². The number of hydrogen-bond donors (Lipinski definition) is 1. The number of hydrogen-bond acceptors (Lipinski definition) is 6. The van der Waals surface area contributed by atoms with Crippen LogP contribution in [0, 0.1) is 0 Å². The molecule has 0 radical (unpaired) electrons. The number of rotatable bonds is 6. The fourth-order valence-corrected chi connectivity index (χ4v) is 8.90. The van der Waals surface area contributed by atoms with E-state index in [2.05, 4.69) is 57.4 Å². The lowest BCUT2D eigenvalue weighted by molar-refractivity contribution is 0.222. The van der Waals surface area contributed by atoms with E-state index < -0.39 is 9.84 Å². The molecule has 11 heteroatoms. The van der Waals surface area contributed by atoms with Gasteiger partial charge in [-0.3, -0.25) is 18.7 Å². The van der Waals surface area contributed by atoms with Gasteiger partial charge < -0.3 is 4.98 Å². The molecule has 8 rings (SSSR count). The predicted molar refractivity (Wildman–Crippen MR) is 183 cm³/mol. The van der Waals surface area contributed by atoms with Crippen molar-refractivity contribution in [2.24, 2.45) is 14.1 Å². The molecule has 1 saturated heterocycles. The lowest BCUT2D eigenvalue weighted by atomic mass is 9.96. The third kappa shape index (κ3) is 4.79. The van der Waals surface area contributed by atoms with Crippen LogP contribution in [0.1, 0.15) is 50.1 Å². The second-order valence-electron chi connectivity index (χ2n) is 13.3. The first-order valence-corrected chi connectivity index (χ1v) is 18.2. The summed E-state index contributed by atoms with van der Waals surface area (Å²) in [5.41, 5.74) is 8.89. The zero-order chi connectivity index (χ0) is 31.7. The first-order chi connectivity index (χ1) is 22.2. The topological polar surface area (TPSA) is 111 Å². The van der Waals surface area contributed by atoms with Crippen LogP contribution < -0.4 is 5.69 Å². The maximum Gasteiger partial charge on any atom is 0.329 e. The van der Waals surface area contributed by atoms with Gasteiger partial charge in [0.15, 0.2) is 0 Å². The Morgan fingerprint density at radius 1 is 0.913 bits per heavy atom.